The van der Waals surface area contributed by atoms with E-state index >= 15 is 0 Å². The minimum absolute atomic E-state index is 0.0683. The predicted molar refractivity (Wildman–Crippen MR) is 121 cm³/mol. The molecule has 4 aliphatic rings. The first-order valence-electron chi connectivity index (χ1n) is 12.2. The van der Waals surface area contributed by atoms with Crippen molar-refractivity contribution in [2.75, 3.05) is 6.54 Å². The van der Waals surface area contributed by atoms with Crippen LogP contribution < -0.4 is 0 Å². The summed E-state index contributed by atoms with van der Waals surface area (Å²) < 4.78 is 0. The molecule has 5 rings (SSSR count). The van der Waals surface area contributed by atoms with Gasteiger partial charge < -0.3 is 10.3 Å². The van der Waals surface area contributed by atoms with Crippen LogP contribution in [-0.2, 0) is 11.2 Å². The predicted octanol–water partition coefficient (Wildman–Crippen LogP) is 4.90. The van der Waals surface area contributed by atoms with Crippen LogP contribution in [0.4, 0.5) is 0 Å². The molecule has 1 saturated heterocycles. The third kappa shape index (κ3) is 3.25. The molecular formula is C27H37NO3. The summed E-state index contributed by atoms with van der Waals surface area (Å²) in [4.78, 5) is 12.0. The Bertz CT molecular complexity index is 925. The van der Waals surface area contributed by atoms with E-state index in [0.29, 0.717) is 36.5 Å². The summed E-state index contributed by atoms with van der Waals surface area (Å²) in [5.41, 5.74) is 7.14. The van der Waals surface area contributed by atoms with Gasteiger partial charge in [0, 0.05) is 18.9 Å². The summed E-state index contributed by atoms with van der Waals surface area (Å²) in [5.74, 6) is 1.85. The van der Waals surface area contributed by atoms with E-state index < -0.39 is 6.10 Å². The zero-order valence-corrected chi connectivity index (χ0v) is 19.4. The van der Waals surface area contributed by atoms with Gasteiger partial charge >= 0.3 is 0 Å². The van der Waals surface area contributed by atoms with E-state index in [-0.39, 0.29) is 17.4 Å². The van der Waals surface area contributed by atoms with E-state index in [2.05, 4.69) is 39.8 Å². The van der Waals surface area contributed by atoms with Crippen molar-refractivity contribution < 1.29 is 15.1 Å². The number of nitrogens with zero attached hydrogens (tertiary/aromatic N) is 1. The van der Waals surface area contributed by atoms with E-state index in [1.54, 1.807) is 0 Å². The molecule has 4 nitrogen and oxygen atoms in total. The van der Waals surface area contributed by atoms with Gasteiger partial charge in [0.1, 0.15) is 0 Å². The van der Waals surface area contributed by atoms with Crippen LogP contribution in [0.3, 0.4) is 0 Å². The maximum Gasteiger partial charge on any atom is 0.155 e. The topological polar surface area (TPSA) is 60.8 Å². The number of benzene rings is 1. The molecule has 31 heavy (non-hydrogen) atoms. The number of hydrogen-bond donors (Lipinski definition) is 2. The van der Waals surface area contributed by atoms with E-state index in [4.69, 9.17) is 0 Å². The number of carbonyl (C=O) groups is 1. The van der Waals surface area contributed by atoms with Crippen LogP contribution in [0.15, 0.2) is 23.8 Å². The highest BCUT2D eigenvalue weighted by Gasteiger charge is 2.50. The SMILES string of the molecule is Cc1c([C@H](C)[C@H]2[C@H](O)C[C@H](C)CN2O)ccc2c1C[C@H]1[C@H]2CCC2=CC(=O)CC[C@@]21C. The van der Waals surface area contributed by atoms with Gasteiger partial charge in [-0.25, -0.2) is 0 Å². The van der Waals surface area contributed by atoms with Crippen LogP contribution in [0, 0.1) is 24.2 Å². The van der Waals surface area contributed by atoms with E-state index in [0.717, 1.165) is 32.1 Å². The maximum atomic E-state index is 12.0. The van der Waals surface area contributed by atoms with Crippen molar-refractivity contribution in [3.63, 3.8) is 0 Å². The van der Waals surface area contributed by atoms with Crippen molar-refractivity contribution in [2.45, 2.75) is 90.2 Å². The fourth-order valence-electron chi connectivity index (χ4n) is 7.62. The summed E-state index contributed by atoms with van der Waals surface area (Å²) in [6.07, 6.45) is 7.14. The molecule has 168 valence electrons. The first kappa shape index (κ1) is 21.4. The maximum absolute atomic E-state index is 12.0. The van der Waals surface area contributed by atoms with Gasteiger partial charge in [-0.1, -0.05) is 38.5 Å². The van der Waals surface area contributed by atoms with Gasteiger partial charge in [0.25, 0.3) is 0 Å². The largest absolute Gasteiger partial charge is 0.391 e. The second-order valence-electron chi connectivity index (χ2n) is 11.2. The highest BCUT2D eigenvalue weighted by molar-refractivity contribution is 5.91. The second-order valence-corrected chi connectivity index (χ2v) is 11.2. The number of fused-ring (bicyclic) bond motifs is 5. The van der Waals surface area contributed by atoms with Gasteiger partial charge in [-0.2, -0.15) is 5.06 Å². The molecule has 1 heterocycles. The Morgan fingerprint density at radius 2 is 2.03 bits per heavy atom. The molecule has 1 aromatic carbocycles. The van der Waals surface area contributed by atoms with Crippen LogP contribution >= 0.6 is 0 Å². The van der Waals surface area contributed by atoms with Crippen molar-refractivity contribution in [1.29, 1.82) is 0 Å². The van der Waals surface area contributed by atoms with Crippen LogP contribution in [0.2, 0.25) is 0 Å². The van der Waals surface area contributed by atoms with E-state index in [9.17, 15) is 15.1 Å². The quantitative estimate of drug-likeness (QED) is 0.710. The molecule has 0 radical (unpaired) electrons. The van der Waals surface area contributed by atoms with Crippen molar-refractivity contribution in [3.8, 4) is 0 Å². The lowest BCUT2D eigenvalue weighted by Gasteiger charge is -2.47. The zero-order chi connectivity index (χ0) is 22.1. The molecule has 1 saturated carbocycles. The Morgan fingerprint density at radius 3 is 2.77 bits per heavy atom. The van der Waals surface area contributed by atoms with Crippen LogP contribution in [0.1, 0.15) is 87.0 Å². The highest BCUT2D eigenvalue weighted by atomic mass is 16.5. The average Bonchev–Trinajstić information content (AvgIpc) is 3.09. The van der Waals surface area contributed by atoms with Gasteiger partial charge in [0.05, 0.1) is 12.1 Å². The number of carbonyl (C=O) groups excluding carboxylic acids is 1. The van der Waals surface area contributed by atoms with Crippen LogP contribution in [0.5, 0.6) is 0 Å². The van der Waals surface area contributed by atoms with Crippen LogP contribution in [0.25, 0.3) is 0 Å². The summed E-state index contributed by atoms with van der Waals surface area (Å²) in [6.45, 7) is 9.49. The second kappa shape index (κ2) is 7.54. The Balaban J connectivity index is 1.47. The molecule has 1 aliphatic heterocycles. The van der Waals surface area contributed by atoms with Gasteiger partial charge in [-0.15, -0.1) is 0 Å². The monoisotopic (exact) mass is 423 g/mol. The smallest absolute Gasteiger partial charge is 0.155 e. The average molecular weight is 424 g/mol. The first-order valence-corrected chi connectivity index (χ1v) is 12.2. The van der Waals surface area contributed by atoms with Gasteiger partial charge in [0.15, 0.2) is 5.78 Å². The molecule has 0 spiro atoms. The molecule has 7 atom stereocenters. The van der Waals surface area contributed by atoms with Crippen molar-refractivity contribution in [1.82, 2.24) is 5.06 Å². The number of hydrogen-bond acceptors (Lipinski definition) is 4. The summed E-state index contributed by atoms with van der Waals surface area (Å²) in [6, 6.07) is 4.34. The number of allylic oxidation sites excluding steroid dienone is 2. The molecular weight excluding hydrogens is 386 g/mol. The summed E-state index contributed by atoms with van der Waals surface area (Å²) in [7, 11) is 0. The molecule has 3 aliphatic carbocycles. The number of piperidine rings is 1. The summed E-state index contributed by atoms with van der Waals surface area (Å²) in [5, 5.41) is 22.7. The van der Waals surface area contributed by atoms with Gasteiger partial charge in [-0.3, -0.25) is 4.79 Å². The summed E-state index contributed by atoms with van der Waals surface area (Å²) >= 11 is 0. The standard InChI is InChI=1S/C27H37NO3/c1-15-11-25(30)26(28(31)14-15)17(3)20-7-8-21-22-6-5-18-12-19(29)9-10-27(18,4)24(22)13-23(21)16(20)2/h7-8,12,15,17,22,24-26,30-31H,5-6,9-11,13-14H2,1-4H3/t15-,17-,22-,24-,25+,26-,27-/m0/s1. The first-order chi connectivity index (χ1) is 14.7. The Kier molecular flexibility index (Phi) is 5.19. The molecule has 0 aromatic heterocycles. The molecule has 0 unspecified atom stereocenters. The van der Waals surface area contributed by atoms with Crippen molar-refractivity contribution in [3.05, 3.63) is 46.0 Å². The van der Waals surface area contributed by atoms with Crippen LogP contribution in [-0.4, -0.2) is 39.9 Å². The third-order valence-electron chi connectivity index (χ3n) is 9.37. The molecule has 0 amide bonds. The fraction of sp³-hybridized carbons (Fsp3) is 0.667. The van der Waals surface area contributed by atoms with Crippen molar-refractivity contribution in [2.24, 2.45) is 17.3 Å². The van der Waals surface area contributed by atoms with Crippen molar-refractivity contribution >= 4 is 5.78 Å². The minimum Gasteiger partial charge on any atom is -0.391 e. The third-order valence-corrected chi connectivity index (χ3v) is 9.37. The molecule has 2 fully saturated rings. The lowest BCUT2D eigenvalue weighted by Crippen LogP contribution is -2.51. The Morgan fingerprint density at radius 1 is 1.26 bits per heavy atom. The number of aliphatic hydroxyl groups excluding tert-OH is 1. The molecule has 2 N–H and O–H groups in total. The van der Waals surface area contributed by atoms with Gasteiger partial charge in [0.2, 0.25) is 0 Å². The number of aliphatic hydroxyl groups is 1. The lowest BCUT2D eigenvalue weighted by atomic mass is 9.57. The van der Waals surface area contributed by atoms with E-state index in [1.807, 2.05) is 6.08 Å². The highest BCUT2D eigenvalue weighted by Crippen LogP contribution is 2.60. The number of rotatable bonds is 2. The molecule has 1 aromatic rings. The Hall–Kier alpha value is -1.49. The zero-order valence-electron chi connectivity index (χ0n) is 19.4. The fourth-order valence-corrected chi connectivity index (χ4v) is 7.62. The minimum atomic E-state index is -0.509. The normalized spacial score (nSPS) is 38.8. The molecule has 0 bridgehead atoms. The van der Waals surface area contributed by atoms with E-state index in [1.165, 1.54) is 32.9 Å². The van der Waals surface area contributed by atoms with Gasteiger partial charge in [-0.05, 0) is 90.5 Å². The number of ketones is 1. The lowest BCUT2D eigenvalue weighted by molar-refractivity contribution is -0.191. The number of hydroxylamine groups is 2. The molecule has 4 heteroatoms. The Labute approximate surface area is 186 Å².